The van der Waals surface area contributed by atoms with Crippen LogP contribution in [0.5, 0.6) is 11.5 Å². The van der Waals surface area contributed by atoms with Gasteiger partial charge in [0.25, 0.3) is 5.91 Å². The number of carbonyl (C=O) groups excluding carboxylic acids is 1. The maximum atomic E-state index is 13.4. The predicted octanol–water partition coefficient (Wildman–Crippen LogP) is 3.47. The largest absolute Gasteiger partial charge is 0.497 e. The lowest BCUT2D eigenvalue weighted by atomic mass is 10.0. The molecule has 3 aromatic rings. The maximum absolute atomic E-state index is 13.4. The topological polar surface area (TPSA) is 80.3 Å². The molecule has 0 bridgehead atoms. The molecule has 0 saturated carbocycles. The van der Waals surface area contributed by atoms with Crippen LogP contribution in [0.25, 0.3) is 11.1 Å². The van der Waals surface area contributed by atoms with Crippen molar-refractivity contribution in [3.63, 3.8) is 0 Å². The van der Waals surface area contributed by atoms with Crippen LogP contribution < -0.4 is 9.47 Å². The van der Waals surface area contributed by atoms with Gasteiger partial charge in [-0.3, -0.25) is 14.9 Å². The Morgan fingerprint density at radius 1 is 1.18 bits per heavy atom. The second-order valence-electron chi connectivity index (χ2n) is 6.66. The van der Waals surface area contributed by atoms with Crippen LogP contribution in [-0.4, -0.2) is 46.8 Å². The third kappa shape index (κ3) is 3.19. The molecule has 0 spiro atoms. The lowest BCUT2D eigenvalue weighted by Crippen LogP contribution is -2.31. The van der Waals surface area contributed by atoms with Crippen LogP contribution in [0.3, 0.4) is 0 Å². The van der Waals surface area contributed by atoms with E-state index in [0.29, 0.717) is 23.6 Å². The molecular formula is C21H22N4O3. The molecule has 2 aromatic heterocycles. The molecule has 7 nitrogen and oxygen atoms in total. The summed E-state index contributed by atoms with van der Waals surface area (Å²) in [5.74, 6) is 1.09. The van der Waals surface area contributed by atoms with E-state index in [2.05, 4.69) is 15.2 Å². The van der Waals surface area contributed by atoms with Gasteiger partial charge in [-0.2, -0.15) is 5.10 Å². The number of methoxy groups -OCH3 is 2. The molecule has 1 N–H and O–H groups in total. The van der Waals surface area contributed by atoms with Crippen molar-refractivity contribution in [3.8, 4) is 22.6 Å². The van der Waals surface area contributed by atoms with Crippen molar-refractivity contribution < 1.29 is 14.3 Å². The van der Waals surface area contributed by atoms with Crippen LogP contribution in [0.15, 0.2) is 48.9 Å². The fraction of sp³-hybridized carbons (Fsp3) is 0.286. The van der Waals surface area contributed by atoms with E-state index in [1.165, 1.54) is 0 Å². The molecule has 1 aliphatic heterocycles. The minimum Gasteiger partial charge on any atom is -0.497 e. The number of ether oxygens (including phenoxy) is 2. The molecule has 1 aromatic carbocycles. The molecule has 1 atom stereocenters. The Bertz CT molecular complexity index is 971. The third-order valence-corrected chi connectivity index (χ3v) is 5.14. The zero-order chi connectivity index (χ0) is 19.5. The van der Waals surface area contributed by atoms with Gasteiger partial charge in [0, 0.05) is 24.5 Å². The highest BCUT2D eigenvalue weighted by Gasteiger charge is 2.34. The SMILES string of the molecule is COc1ccc(OC)c(C(=O)N2CCC[C@@H]2c2[nH]ncc2-c2ccncc2)c1. The summed E-state index contributed by atoms with van der Waals surface area (Å²) >= 11 is 0. The Morgan fingerprint density at radius 3 is 2.75 bits per heavy atom. The first-order valence-corrected chi connectivity index (χ1v) is 9.19. The predicted molar refractivity (Wildman–Crippen MR) is 104 cm³/mol. The van der Waals surface area contributed by atoms with Crippen LogP contribution in [0.4, 0.5) is 0 Å². The number of rotatable bonds is 5. The molecule has 4 rings (SSSR count). The monoisotopic (exact) mass is 378 g/mol. The highest BCUT2D eigenvalue weighted by atomic mass is 16.5. The maximum Gasteiger partial charge on any atom is 0.258 e. The van der Waals surface area contributed by atoms with Gasteiger partial charge in [-0.1, -0.05) is 0 Å². The number of nitrogens with one attached hydrogen (secondary N) is 1. The Labute approximate surface area is 163 Å². The number of pyridine rings is 1. The van der Waals surface area contributed by atoms with E-state index in [9.17, 15) is 4.79 Å². The fourth-order valence-corrected chi connectivity index (χ4v) is 3.76. The second-order valence-corrected chi connectivity index (χ2v) is 6.66. The molecule has 0 unspecified atom stereocenters. The number of aromatic nitrogens is 3. The average molecular weight is 378 g/mol. The van der Waals surface area contributed by atoms with Crippen molar-refractivity contribution in [1.82, 2.24) is 20.1 Å². The van der Waals surface area contributed by atoms with E-state index < -0.39 is 0 Å². The molecule has 1 fully saturated rings. The van der Waals surface area contributed by atoms with Crippen molar-refractivity contribution in [3.05, 3.63) is 60.2 Å². The first-order chi connectivity index (χ1) is 13.7. The molecule has 1 saturated heterocycles. The van der Waals surface area contributed by atoms with E-state index in [-0.39, 0.29) is 11.9 Å². The Hall–Kier alpha value is -3.35. The van der Waals surface area contributed by atoms with Crippen LogP contribution in [0, 0.1) is 0 Å². The zero-order valence-electron chi connectivity index (χ0n) is 15.9. The van der Waals surface area contributed by atoms with Crippen LogP contribution >= 0.6 is 0 Å². The summed E-state index contributed by atoms with van der Waals surface area (Å²) in [5, 5.41) is 7.36. The standard InChI is InChI=1S/C21H22N4O3/c1-27-15-5-6-19(28-2)16(12-15)21(26)25-11-3-4-18(25)20-17(13-23-24-20)14-7-9-22-10-8-14/h5-10,12-13,18H,3-4,11H2,1-2H3,(H,23,24)/t18-/m1/s1. The van der Waals surface area contributed by atoms with Gasteiger partial charge >= 0.3 is 0 Å². The Balaban J connectivity index is 1.69. The van der Waals surface area contributed by atoms with Crippen molar-refractivity contribution in [2.75, 3.05) is 20.8 Å². The van der Waals surface area contributed by atoms with E-state index in [0.717, 1.165) is 29.7 Å². The van der Waals surface area contributed by atoms with E-state index in [1.54, 1.807) is 51.0 Å². The van der Waals surface area contributed by atoms with Crippen molar-refractivity contribution in [1.29, 1.82) is 0 Å². The number of hydrogen-bond acceptors (Lipinski definition) is 5. The average Bonchev–Trinajstić information content (AvgIpc) is 3.42. The molecule has 0 aliphatic carbocycles. The van der Waals surface area contributed by atoms with Crippen LogP contribution in [-0.2, 0) is 0 Å². The number of aromatic amines is 1. The smallest absolute Gasteiger partial charge is 0.258 e. The summed E-state index contributed by atoms with van der Waals surface area (Å²) in [7, 11) is 3.15. The minimum absolute atomic E-state index is 0.0749. The molecule has 28 heavy (non-hydrogen) atoms. The summed E-state index contributed by atoms with van der Waals surface area (Å²) in [6, 6.07) is 9.09. The molecule has 144 valence electrons. The third-order valence-electron chi connectivity index (χ3n) is 5.14. The highest BCUT2D eigenvalue weighted by Crippen LogP contribution is 2.38. The Morgan fingerprint density at radius 2 is 2.00 bits per heavy atom. The molecular weight excluding hydrogens is 356 g/mol. The summed E-state index contributed by atoms with van der Waals surface area (Å²) in [4.78, 5) is 19.4. The van der Waals surface area contributed by atoms with Crippen molar-refractivity contribution >= 4 is 5.91 Å². The van der Waals surface area contributed by atoms with Gasteiger partial charge in [0.05, 0.1) is 37.7 Å². The minimum atomic E-state index is -0.0754. The van der Waals surface area contributed by atoms with E-state index in [1.807, 2.05) is 17.0 Å². The number of benzene rings is 1. The summed E-state index contributed by atoms with van der Waals surface area (Å²) < 4.78 is 10.7. The molecule has 7 heteroatoms. The normalized spacial score (nSPS) is 16.2. The number of H-pyrrole nitrogens is 1. The van der Waals surface area contributed by atoms with Gasteiger partial charge in [0.2, 0.25) is 0 Å². The quantitative estimate of drug-likeness (QED) is 0.735. The van der Waals surface area contributed by atoms with Crippen molar-refractivity contribution in [2.45, 2.75) is 18.9 Å². The highest BCUT2D eigenvalue weighted by molar-refractivity contribution is 5.98. The Kier molecular flexibility index (Phi) is 4.97. The summed E-state index contributed by atoms with van der Waals surface area (Å²) in [5.41, 5.74) is 3.46. The number of likely N-dealkylation sites (tertiary alicyclic amines) is 1. The van der Waals surface area contributed by atoms with E-state index in [4.69, 9.17) is 9.47 Å². The van der Waals surface area contributed by atoms with Gasteiger partial charge in [-0.15, -0.1) is 0 Å². The first-order valence-electron chi connectivity index (χ1n) is 9.19. The lowest BCUT2D eigenvalue weighted by Gasteiger charge is -2.25. The van der Waals surface area contributed by atoms with Gasteiger partial charge < -0.3 is 14.4 Å². The van der Waals surface area contributed by atoms with Crippen molar-refractivity contribution in [2.24, 2.45) is 0 Å². The number of nitrogens with zero attached hydrogens (tertiary/aromatic N) is 3. The second kappa shape index (κ2) is 7.72. The lowest BCUT2D eigenvalue weighted by molar-refractivity contribution is 0.0729. The summed E-state index contributed by atoms with van der Waals surface area (Å²) in [6.45, 7) is 0.679. The van der Waals surface area contributed by atoms with Gasteiger partial charge in [0.15, 0.2) is 0 Å². The van der Waals surface area contributed by atoms with Gasteiger partial charge in [-0.05, 0) is 48.7 Å². The van der Waals surface area contributed by atoms with E-state index >= 15 is 0 Å². The number of amides is 1. The zero-order valence-corrected chi connectivity index (χ0v) is 15.9. The number of carbonyl (C=O) groups is 1. The molecule has 1 amide bonds. The molecule has 3 heterocycles. The summed E-state index contributed by atoms with van der Waals surface area (Å²) in [6.07, 6.45) is 7.11. The van der Waals surface area contributed by atoms with Gasteiger partial charge in [-0.25, -0.2) is 0 Å². The first kappa shape index (κ1) is 18.0. The molecule has 0 radical (unpaired) electrons. The van der Waals surface area contributed by atoms with Crippen LogP contribution in [0.1, 0.15) is 34.9 Å². The number of hydrogen-bond donors (Lipinski definition) is 1. The van der Waals surface area contributed by atoms with Crippen LogP contribution in [0.2, 0.25) is 0 Å². The van der Waals surface area contributed by atoms with Gasteiger partial charge in [0.1, 0.15) is 11.5 Å². The molecule has 1 aliphatic rings. The fourth-order valence-electron chi connectivity index (χ4n) is 3.76.